The van der Waals surface area contributed by atoms with Crippen molar-refractivity contribution in [1.82, 2.24) is 10.2 Å². The Morgan fingerprint density at radius 1 is 1.47 bits per heavy atom. The molecule has 4 heteroatoms. The third kappa shape index (κ3) is 3.68. The number of rotatable bonds is 6. The summed E-state index contributed by atoms with van der Waals surface area (Å²) in [6.07, 6.45) is 4.97. The first-order valence-electron chi connectivity index (χ1n) is 6.62. The van der Waals surface area contributed by atoms with Gasteiger partial charge in [-0.15, -0.1) is 0 Å². The Labute approximate surface area is 104 Å². The fraction of sp³-hybridized carbons (Fsp3) is 0.923. The molecule has 1 saturated carbocycles. The molecule has 4 nitrogen and oxygen atoms in total. The van der Waals surface area contributed by atoms with Crippen LogP contribution in [0.15, 0.2) is 0 Å². The van der Waals surface area contributed by atoms with Gasteiger partial charge in [-0.1, -0.05) is 19.8 Å². The first-order valence-corrected chi connectivity index (χ1v) is 6.62. The fourth-order valence-electron chi connectivity index (χ4n) is 2.71. The molecule has 100 valence electrons. The Balaban J connectivity index is 2.50. The molecule has 0 spiro atoms. The monoisotopic (exact) mass is 242 g/mol. The van der Waals surface area contributed by atoms with E-state index < -0.39 is 11.5 Å². The summed E-state index contributed by atoms with van der Waals surface area (Å²) in [5, 5.41) is 12.8. The highest BCUT2D eigenvalue weighted by Gasteiger charge is 2.44. The fourth-order valence-corrected chi connectivity index (χ4v) is 2.71. The van der Waals surface area contributed by atoms with Gasteiger partial charge in [0, 0.05) is 0 Å². The van der Waals surface area contributed by atoms with Crippen molar-refractivity contribution in [3.63, 3.8) is 0 Å². The Morgan fingerprint density at radius 3 is 2.71 bits per heavy atom. The number of carboxylic acids is 1. The number of hydrogen-bond acceptors (Lipinski definition) is 3. The summed E-state index contributed by atoms with van der Waals surface area (Å²) in [6.45, 7) is 3.85. The summed E-state index contributed by atoms with van der Waals surface area (Å²) < 4.78 is 0. The first-order chi connectivity index (χ1) is 7.99. The minimum atomic E-state index is -0.676. The second-order valence-electron chi connectivity index (χ2n) is 5.51. The molecular formula is C13H26N2O2. The molecule has 1 fully saturated rings. The summed E-state index contributed by atoms with van der Waals surface area (Å²) >= 11 is 0. The van der Waals surface area contributed by atoms with Crippen LogP contribution in [0, 0.1) is 5.92 Å². The lowest BCUT2D eigenvalue weighted by atomic mass is 9.73. The Bertz CT molecular complexity index is 256. The molecule has 1 aliphatic carbocycles. The minimum absolute atomic E-state index is 0.230. The predicted molar refractivity (Wildman–Crippen MR) is 69.2 cm³/mol. The molecule has 0 aromatic rings. The number of carbonyl (C=O) groups is 1. The van der Waals surface area contributed by atoms with E-state index in [0.717, 1.165) is 45.2 Å². The smallest absolute Gasteiger partial charge is 0.324 e. The molecule has 0 amide bonds. The standard InChI is InChI=1S/C13H26N2O2/c1-11-7-4-5-8-13(11,12(16)17)14-9-6-10-15(2)3/h11,14H,4-10H2,1-3H3,(H,16,17). The SMILES string of the molecule is CC1CCCCC1(NCCCN(C)C)C(=O)O. The molecule has 2 N–H and O–H groups in total. The van der Waals surface area contributed by atoms with Crippen molar-refractivity contribution in [2.45, 2.75) is 44.6 Å². The highest BCUT2D eigenvalue weighted by atomic mass is 16.4. The second-order valence-corrected chi connectivity index (χ2v) is 5.51. The Morgan fingerprint density at radius 2 is 2.18 bits per heavy atom. The number of carboxylic acid groups (broad SMARTS) is 1. The molecule has 1 rings (SSSR count). The van der Waals surface area contributed by atoms with E-state index in [9.17, 15) is 9.90 Å². The van der Waals surface area contributed by atoms with Crippen LogP contribution < -0.4 is 5.32 Å². The normalized spacial score (nSPS) is 29.5. The quantitative estimate of drug-likeness (QED) is 0.694. The third-order valence-corrected chi connectivity index (χ3v) is 3.90. The van der Waals surface area contributed by atoms with Crippen molar-refractivity contribution in [3.05, 3.63) is 0 Å². The number of aliphatic carboxylic acids is 1. The van der Waals surface area contributed by atoms with E-state index in [1.165, 1.54) is 0 Å². The van der Waals surface area contributed by atoms with Gasteiger partial charge in [-0.05, 0) is 52.4 Å². The highest BCUT2D eigenvalue weighted by molar-refractivity contribution is 5.79. The summed E-state index contributed by atoms with van der Waals surface area (Å²) in [5.41, 5.74) is -0.676. The molecule has 0 aliphatic heterocycles. The Kier molecular flexibility index (Phi) is 5.40. The molecule has 2 atom stereocenters. The molecule has 0 heterocycles. The molecule has 0 bridgehead atoms. The maximum atomic E-state index is 11.5. The van der Waals surface area contributed by atoms with Gasteiger partial charge in [0.05, 0.1) is 0 Å². The van der Waals surface area contributed by atoms with Gasteiger partial charge in [0.1, 0.15) is 5.54 Å². The van der Waals surface area contributed by atoms with Crippen molar-refractivity contribution < 1.29 is 9.90 Å². The van der Waals surface area contributed by atoms with Gasteiger partial charge in [-0.2, -0.15) is 0 Å². The van der Waals surface area contributed by atoms with Crippen LogP contribution in [-0.2, 0) is 4.79 Å². The molecule has 1 aliphatic rings. The largest absolute Gasteiger partial charge is 0.480 e. The Hall–Kier alpha value is -0.610. The van der Waals surface area contributed by atoms with Crippen molar-refractivity contribution in [1.29, 1.82) is 0 Å². The van der Waals surface area contributed by atoms with Gasteiger partial charge >= 0.3 is 5.97 Å². The van der Waals surface area contributed by atoms with Gasteiger partial charge < -0.3 is 15.3 Å². The van der Waals surface area contributed by atoms with Crippen LogP contribution in [0.4, 0.5) is 0 Å². The van der Waals surface area contributed by atoms with E-state index in [-0.39, 0.29) is 5.92 Å². The topological polar surface area (TPSA) is 52.6 Å². The highest BCUT2D eigenvalue weighted by Crippen LogP contribution is 2.33. The van der Waals surface area contributed by atoms with E-state index >= 15 is 0 Å². The van der Waals surface area contributed by atoms with Gasteiger partial charge in [0.25, 0.3) is 0 Å². The summed E-state index contributed by atoms with van der Waals surface area (Å²) in [5.74, 6) is -0.442. The van der Waals surface area contributed by atoms with Crippen molar-refractivity contribution in [2.24, 2.45) is 5.92 Å². The van der Waals surface area contributed by atoms with Gasteiger partial charge in [0.2, 0.25) is 0 Å². The lowest BCUT2D eigenvalue weighted by Crippen LogP contribution is -2.58. The zero-order valence-corrected chi connectivity index (χ0v) is 11.3. The van der Waals surface area contributed by atoms with Gasteiger partial charge in [-0.3, -0.25) is 4.79 Å². The third-order valence-electron chi connectivity index (χ3n) is 3.90. The van der Waals surface area contributed by atoms with E-state index in [1.807, 2.05) is 14.1 Å². The minimum Gasteiger partial charge on any atom is -0.480 e. The van der Waals surface area contributed by atoms with Crippen LogP contribution in [0.25, 0.3) is 0 Å². The lowest BCUT2D eigenvalue weighted by Gasteiger charge is -2.40. The van der Waals surface area contributed by atoms with Crippen molar-refractivity contribution in [3.8, 4) is 0 Å². The van der Waals surface area contributed by atoms with Crippen LogP contribution >= 0.6 is 0 Å². The van der Waals surface area contributed by atoms with E-state index in [4.69, 9.17) is 0 Å². The maximum absolute atomic E-state index is 11.5. The summed E-state index contributed by atoms with van der Waals surface area (Å²) in [6, 6.07) is 0. The molecule has 2 unspecified atom stereocenters. The average Bonchev–Trinajstić information content (AvgIpc) is 2.26. The molecule has 0 saturated heterocycles. The zero-order valence-electron chi connectivity index (χ0n) is 11.3. The van der Waals surface area contributed by atoms with Gasteiger partial charge in [0.15, 0.2) is 0 Å². The van der Waals surface area contributed by atoms with E-state index in [1.54, 1.807) is 0 Å². The molecule has 0 radical (unpaired) electrons. The number of nitrogens with one attached hydrogen (secondary N) is 1. The zero-order chi connectivity index (χ0) is 12.9. The second kappa shape index (κ2) is 6.36. The number of hydrogen-bond donors (Lipinski definition) is 2. The molecule has 0 aromatic carbocycles. The van der Waals surface area contributed by atoms with Crippen molar-refractivity contribution >= 4 is 5.97 Å². The van der Waals surface area contributed by atoms with Gasteiger partial charge in [-0.25, -0.2) is 0 Å². The molecule has 0 aromatic heterocycles. The van der Waals surface area contributed by atoms with Crippen LogP contribution in [0.3, 0.4) is 0 Å². The number of nitrogens with zero attached hydrogens (tertiary/aromatic N) is 1. The first kappa shape index (κ1) is 14.5. The molecular weight excluding hydrogens is 216 g/mol. The average molecular weight is 242 g/mol. The summed E-state index contributed by atoms with van der Waals surface area (Å²) in [4.78, 5) is 13.7. The predicted octanol–water partition coefficient (Wildman–Crippen LogP) is 1.56. The molecule has 17 heavy (non-hydrogen) atoms. The van der Waals surface area contributed by atoms with Crippen LogP contribution in [-0.4, -0.2) is 48.7 Å². The van der Waals surface area contributed by atoms with Crippen LogP contribution in [0.2, 0.25) is 0 Å². The van der Waals surface area contributed by atoms with Crippen molar-refractivity contribution in [2.75, 3.05) is 27.2 Å². The van der Waals surface area contributed by atoms with E-state index in [2.05, 4.69) is 17.1 Å². The summed E-state index contributed by atoms with van der Waals surface area (Å²) in [7, 11) is 4.08. The van der Waals surface area contributed by atoms with E-state index in [0.29, 0.717) is 0 Å². The maximum Gasteiger partial charge on any atom is 0.324 e. The van der Waals surface area contributed by atoms with Crippen LogP contribution in [0.5, 0.6) is 0 Å². The lowest BCUT2D eigenvalue weighted by molar-refractivity contribution is -0.149. The van der Waals surface area contributed by atoms with Crippen LogP contribution in [0.1, 0.15) is 39.0 Å².